The van der Waals surface area contributed by atoms with Crippen LogP contribution in [0.1, 0.15) is 36.0 Å². The van der Waals surface area contributed by atoms with Crippen molar-refractivity contribution in [2.45, 2.75) is 44.7 Å². The van der Waals surface area contributed by atoms with Crippen molar-refractivity contribution in [1.82, 2.24) is 4.57 Å². The van der Waals surface area contributed by atoms with E-state index in [4.69, 9.17) is 5.73 Å². The molecule has 2 aromatic heterocycles. The normalized spacial score (nSPS) is 18.2. The van der Waals surface area contributed by atoms with E-state index in [1.54, 1.807) is 21.1 Å². The van der Waals surface area contributed by atoms with Crippen LogP contribution in [0.3, 0.4) is 0 Å². The Balaban J connectivity index is 1.27. The number of anilines is 2. The zero-order valence-corrected chi connectivity index (χ0v) is 22.8. The van der Waals surface area contributed by atoms with Crippen LogP contribution in [0.2, 0.25) is 0 Å². The van der Waals surface area contributed by atoms with Gasteiger partial charge < -0.3 is 20.1 Å². The average Bonchev–Trinajstić information content (AvgIpc) is 3.67. The average molecular weight is 541 g/mol. The summed E-state index contributed by atoms with van der Waals surface area (Å²) in [4.78, 5) is 43.6. The topological polar surface area (TPSA) is 88.6 Å². The second kappa shape index (κ2) is 10.4. The molecule has 2 amide bonds. The van der Waals surface area contributed by atoms with Gasteiger partial charge in [-0.15, -0.1) is 0 Å². The van der Waals surface area contributed by atoms with Gasteiger partial charge in [-0.1, -0.05) is 30.3 Å². The molecule has 39 heavy (non-hydrogen) atoms. The van der Waals surface area contributed by atoms with Crippen molar-refractivity contribution < 1.29 is 14.4 Å². The maximum atomic E-state index is 14.0. The molecule has 200 valence electrons. The molecule has 0 aliphatic carbocycles. The lowest BCUT2D eigenvalue weighted by Crippen LogP contribution is -2.44. The van der Waals surface area contributed by atoms with Crippen molar-refractivity contribution in [3.8, 4) is 0 Å². The van der Waals surface area contributed by atoms with Gasteiger partial charge in [-0.05, 0) is 64.9 Å². The quantitative estimate of drug-likeness (QED) is 0.354. The molecule has 0 saturated carbocycles. The summed E-state index contributed by atoms with van der Waals surface area (Å²) in [6, 6.07) is 15.3. The third-order valence-electron chi connectivity index (χ3n) is 8.02. The van der Waals surface area contributed by atoms with Crippen molar-refractivity contribution in [1.29, 1.82) is 0 Å². The van der Waals surface area contributed by atoms with E-state index in [-0.39, 0.29) is 24.0 Å². The number of hydrogen-bond donors (Lipinski definition) is 1. The number of ketones is 1. The summed E-state index contributed by atoms with van der Waals surface area (Å²) in [7, 11) is 1.99. The van der Waals surface area contributed by atoms with Crippen molar-refractivity contribution >= 4 is 51.2 Å². The summed E-state index contributed by atoms with van der Waals surface area (Å²) in [6.45, 7) is 1.06. The first kappa shape index (κ1) is 25.5. The Morgan fingerprint density at radius 1 is 1.13 bits per heavy atom. The Labute approximate surface area is 231 Å². The van der Waals surface area contributed by atoms with E-state index in [2.05, 4.69) is 16.7 Å². The molecule has 6 rings (SSSR count). The molecule has 4 aromatic rings. The summed E-state index contributed by atoms with van der Waals surface area (Å²) < 4.78 is 2.05. The van der Waals surface area contributed by atoms with Gasteiger partial charge in [0.25, 0.3) is 0 Å². The summed E-state index contributed by atoms with van der Waals surface area (Å²) in [6.07, 6.45) is 4.34. The van der Waals surface area contributed by atoms with Gasteiger partial charge in [0.05, 0.1) is 24.0 Å². The number of nitrogens with two attached hydrogens (primary N) is 1. The van der Waals surface area contributed by atoms with Gasteiger partial charge in [-0.3, -0.25) is 14.4 Å². The number of aryl methyl sites for hydroxylation is 1. The maximum Gasteiger partial charge on any atom is 0.231 e. The molecular formula is C31H32N4O3S. The number of fused-ring (bicyclic) bond motifs is 2. The van der Waals surface area contributed by atoms with Gasteiger partial charge >= 0.3 is 0 Å². The van der Waals surface area contributed by atoms with E-state index in [9.17, 15) is 14.4 Å². The van der Waals surface area contributed by atoms with E-state index in [1.165, 1.54) is 0 Å². The Bertz CT molecular complexity index is 1560. The van der Waals surface area contributed by atoms with Crippen LogP contribution in [0.25, 0.3) is 10.9 Å². The zero-order chi connectivity index (χ0) is 27.1. The minimum absolute atomic E-state index is 0.0847. The third kappa shape index (κ3) is 4.79. The molecule has 2 aromatic carbocycles. The first-order chi connectivity index (χ1) is 18.9. The highest BCUT2D eigenvalue weighted by molar-refractivity contribution is 7.07. The molecule has 8 heteroatoms. The Hall–Kier alpha value is -3.75. The molecule has 1 unspecified atom stereocenters. The number of carbonyl (C=O) groups excluding carboxylic acids is 3. The van der Waals surface area contributed by atoms with Crippen molar-refractivity contribution in [2.24, 2.45) is 18.7 Å². The first-order valence-corrected chi connectivity index (χ1v) is 14.4. The van der Waals surface area contributed by atoms with E-state index >= 15 is 0 Å². The second-order valence-corrected chi connectivity index (χ2v) is 11.4. The Kier molecular flexibility index (Phi) is 6.83. The number of para-hydroxylation sites is 2. The summed E-state index contributed by atoms with van der Waals surface area (Å²) in [5, 5.41) is 5.12. The molecule has 0 spiro atoms. The molecule has 2 atom stereocenters. The second-order valence-electron chi connectivity index (χ2n) is 10.7. The number of hydrogen-bond acceptors (Lipinski definition) is 5. The lowest BCUT2D eigenvalue weighted by atomic mass is 9.85. The van der Waals surface area contributed by atoms with Crippen LogP contribution >= 0.6 is 11.3 Å². The lowest BCUT2D eigenvalue weighted by Gasteiger charge is -2.37. The lowest BCUT2D eigenvalue weighted by molar-refractivity contribution is -0.128. The molecule has 0 bridgehead atoms. The molecule has 2 aliphatic rings. The molecule has 7 nitrogen and oxygen atoms in total. The van der Waals surface area contributed by atoms with Crippen molar-refractivity contribution in [3.05, 3.63) is 82.2 Å². The molecule has 0 radical (unpaired) electrons. The molecule has 1 saturated heterocycles. The van der Waals surface area contributed by atoms with Crippen LogP contribution in [0.15, 0.2) is 65.5 Å². The van der Waals surface area contributed by atoms with Gasteiger partial charge in [0.2, 0.25) is 11.8 Å². The highest BCUT2D eigenvalue weighted by Crippen LogP contribution is 2.42. The van der Waals surface area contributed by atoms with Gasteiger partial charge in [0.1, 0.15) is 0 Å². The van der Waals surface area contributed by atoms with Crippen molar-refractivity contribution in [3.63, 3.8) is 0 Å². The van der Waals surface area contributed by atoms with Crippen LogP contribution in [0.4, 0.5) is 11.4 Å². The Morgan fingerprint density at radius 3 is 2.74 bits per heavy atom. The standard InChI is InChI=1S/C31H32N4O3S/c1-33-18-23(24-7-2-3-8-26(24)33)15-25(32)28(36)16-22-14-21-6-4-9-27(34-12-5-10-29(34)37)30(21)35(31(22)38)17-20-11-13-39-19-20/h2-4,6-9,11,13,18-19,22,25H,5,10,12,14-17,32H2,1H3/t22?,25-/m1/s1. The number of benzene rings is 2. The van der Waals surface area contributed by atoms with Gasteiger partial charge in [0.15, 0.2) is 5.78 Å². The highest BCUT2D eigenvalue weighted by atomic mass is 32.1. The predicted octanol–water partition coefficient (Wildman–Crippen LogP) is 4.60. The molecule has 1 fully saturated rings. The van der Waals surface area contributed by atoms with Crippen LogP contribution in [0.5, 0.6) is 0 Å². The number of nitrogens with zero attached hydrogens (tertiary/aromatic N) is 3. The van der Waals surface area contributed by atoms with Crippen LogP contribution in [0, 0.1) is 5.92 Å². The fourth-order valence-corrected chi connectivity index (χ4v) is 6.73. The van der Waals surface area contributed by atoms with Crippen molar-refractivity contribution in [2.75, 3.05) is 16.3 Å². The summed E-state index contributed by atoms with van der Waals surface area (Å²) >= 11 is 1.58. The molecule has 4 heterocycles. The summed E-state index contributed by atoms with van der Waals surface area (Å²) in [5.74, 6) is -0.598. The van der Waals surface area contributed by atoms with E-state index in [1.807, 2.05) is 60.4 Å². The van der Waals surface area contributed by atoms with E-state index in [0.29, 0.717) is 32.4 Å². The van der Waals surface area contributed by atoms with Gasteiger partial charge in [-0.25, -0.2) is 0 Å². The fourth-order valence-electron chi connectivity index (χ4n) is 6.07. The number of carbonyl (C=O) groups is 3. The number of Topliss-reactive ketones (excluding diaryl/α,β-unsaturated/α-hetero) is 1. The largest absolute Gasteiger partial charge is 0.350 e. The fraction of sp³-hybridized carbons (Fsp3) is 0.323. The first-order valence-electron chi connectivity index (χ1n) is 13.5. The Morgan fingerprint density at radius 2 is 1.97 bits per heavy atom. The SMILES string of the molecule is Cn1cc(C[C@@H](N)C(=O)CC2Cc3cccc(N4CCCC4=O)c3N(Cc3ccsc3)C2=O)c2ccccc21. The van der Waals surface area contributed by atoms with Gasteiger partial charge in [-0.2, -0.15) is 11.3 Å². The van der Waals surface area contributed by atoms with E-state index in [0.717, 1.165) is 45.4 Å². The number of thiophene rings is 1. The van der Waals surface area contributed by atoms with Crippen LogP contribution in [-0.4, -0.2) is 34.8 Å². The van der Waals surface area contributed by atoms with Crippen LogP contribution < -0.4 is 15.5 Å². The highest BCUT2D eigenvalue weighted by Gasteiger charge is 2.38. The molecular weight excluding hydrogens is 508 g/mol. The number of rotatable bonds is 8. The smallest absolute Gasteiger partial charge is 0.231 e. The number of amides is 2. The maximum absolute atomic E-state index is 14.0. The molecule has 2 aliphatic heterocycles. The number of aromatic nitrogens is 1. The van der Waals surface area contributed by atoms with E-state index < -0.39 is 12.0 Å². The third-order valence-corrected chi connectivity index (χ3v) is 8.75. The van der Waals surface area contributed by atoms with Gasteiger partial charge in [0, 0.05) is 49.5 Å². The monoisotopic (exact) mass is 540 g/mol. The minimum Gasteiger partial charge on any atom is -0.350 e. The minimum atomic E-state index is -0.691. The molecule has 2 N–H and O–H groups in total. The summed E-state index contributed by atoms with van der Waals surface area (Å²) in [5.41, 5.74) is 12.2. The zero-order valence-electron chi connectivity index (χ0n) is 22.0. The predicted molar refractivity (Wildman–Crippen MR) is 155 cm³/mol. The van der Waals surface area contributed by atoms with Crippen LogP contribution in [-0.2, 0) is 40.8 Å².